The molecule has 5 aromatic rings. The number of hydrogen-bond acceptors (Lipinski definition) is 4. The maximum absolute atomic E-state index is 13.0. The number of H-pyrrole nitrogens is 2. The number of fused-ring (bicyclic) bond motifs is 10. The molecule has 0 saturated heterocycles. The minimum atomic E-state index is -0.379. The fourth-order valence-electron chi connectivity index (χ4n) is 4.79. The van der Waals surface area contributed by atoms with Crippen LogP contribution in [0.15, 0.2) is 36.4 Å². The second kappa shape index (κ2) is 7.27. The summed E-state index contributed by atoms with van der Waals surface area (Å²) >= 11 is 0. The number of rotatable bonds is 6. The molecule has 0 fully saturated rings. The number of hydrogen-bond donors (Lipinski definition) is 3. The number of carbonyl (C=O) groups excluding carboxylic acids is 2. The van der Waals surface area contributed by atoms with Crippen LogP contribution < -0.4 is 14.8 Å². The Kier molecular flexibility index (Phi) is 4.33. The molecule has 0 spiro atoms. The van der Waals surface area contributed by atoms with Gasteiger partial charge in [-0.05, 0) is 49.2 Å². The van der Waals surface area contributed by atoms with Crippen molar-refractivity contribution in [1.82, 2.24) is 15.3 Å². The lowest BCUT2D eigenvalue weighted by Gasteiger charge is -2.06. The highest BCUT2D eigenvalue weighted by molar-refractivity contribution is 6.39. The summed E-state index contributed by atoms with van der Waals surface area (Å²) < 4.78 is 11.7. The highest BCUT2D eigenvalue weighted by atomic mass is 16.5. The molecule has 2 aromatic heterocycles. The molecule has 3 heterocycles. The van der Waals surface area contributed by atoms with Crippen LogP contribution in [0.25, 0.3) is 43.6 Å². The highest BCUT2D eigenvalue weighted by Gasteiger charge is 2.35. The number of ether oxygens (including phenoxy) is 2. The number of nitrogens with one attached hydrogen (secondary N) is 3. The van der Waals surface area contributed by atoms with Crippen molar-refractivity contribution in [2.24, 2.45) is 0 Å². The van der Waals surface area contributed by atoms with E-state index in [1.54, 1.807) is 0 Å². The lowest BCUT2D eigenvalue weighted by Crippen LogP contribution is -2.20. The van der Waals surface area contributed by atoms with Crippen molar-refractivity contribution in [3.05, 3.63) is 47.5 Å². The monoisotopic (exact) mass is 441 g/mol. The van der Waals surface area contributed by atoms with Crippen molar-refractivity contribution in [3.63, 3.8) is 0 Å². The van der Waals surface area contributed by atoms with Crippen molar-refractivity contribution < 1.29 is 19.1 Å². The van der Waals surface area contributed by atoms with E-state index < -0.39 is 0 Å². The Hall–Kier alpha value is -4.00. The molecule has 166 valence electrons. The largest absolute Gasteiger partial charge is 0.494 e. The second-order valence-electron chi connectivity index (χ2n) is 8.39. The number of amides is 2. The Morgan fingerprint density at radius 2 is 1.15 bits per heavy atom. The van der Waals surface area contributed by atoms with E-state index in [4.69, 9.17) is 9.47 Å². The van der Waals surface area contributed by atoms with E-state index in [2.05, 4.69) is 29.1 Å². The minimum Gasteiger partial charge on any atom is -0.494 e. The average molecular weight is 441 g/mol. The van der Waals surface area contributed by atoms with Crippen molar-refractivity contribution in [3.8, 4) is 11.5 Å². The van der Waals surface area contributed by atoms with Gasteiger partial charge in [0, 0.05) is 32.6 Å². The van der Waals surface area contributed by atoms with Gasteiger partial charge in [-0.25, -0.2) is 0 Å². The SMILES string of the molecule is CCCOc1ccc2[nH]c3c4[nH]c5ccc(OCCC)cc5c4c4c(c3c2c1)C(=O)NC4=O. The standard InChI is InChI=1S/C26H23N3O4/c1-3-9-32-13-5-7-17-15(11-13)19-21-22(26(31)29-25(21)30)20-16-12-14(33-10-4-2)6-8-18(16)28-24(20)23(19)27-17/h5-8,11-12,27-28H,3-4,9-10H2,1-2H3,(H,29,30,31). The van der Waals surface area contributed by atoms with Crippen LogP contribution >= 0.6 is 0 Å². The molecule has 3 N–H and O–H groups in total. The summed E-state index contributed by atoms with van der Waals surface area (Å²) in [4.78, 5) is 32.9. The molecule has 0 saturated carbocycles. The highest BCUT2D eigenvalue weighted by Crippen LogP contribution is 2.43. The van der Waals surface area contributed by atoms with Gasteiger partial charge in [0.25, 0.3) is 11.8 Å². The van der Waals surface area contributed by atoms with Crippen LogP contribution in [0.2, 0.25) is 0 Å². The van der Waals surface area contributed by atoms with Crippen molar-refractivity contribution in [1.29, 1.82) is 0 Å². The van der Waals surface area contributed by atoms with Gasteiger partial charge in [0.05, 0.1) is 35.4 Å². The van der Waals surface area contributed by atoms with Gasteiger partial charge < -0.3 is 19.4 Å². The van der Waals surface area contributed by atoms with Gasteiger partial charge in [0.1, 0.15) is 11.5 Å². The number of benzene rings is 3. The molecule has 7 nitrogen and oxygen atoms in total. The Labute approximate surface area is 189 Å². The summed E-state index contributed by atoms with van der Waals surface area (Å²) in [5.41, 5.74) is 4.15. The minimum absolute atomic E-state index is 0.379. The normalized spacial score (nSPS) is 13.4. The van der Waals surface area contributed by atoms with E-state index in [-0.39, 0.29) is 11.8 Å². The number of aromatic amines is 2. The summed E-state index contributed by atoms with van der Waals surface area (Å²) in [6, 6.07) is 11.6. The molecule has 1 aliphatic rings. The first-order chi connectivity index (χ1) is 16.1. The molecule has 3 aromatic carbocycles. The molecular weight excluding hydrogens is 418 g/mol. The van der Waals surface area contributed by atoms with E-state index in [0.717, 1.165) is 68.0 Å². The lowest BCUT2D eigenvalue weighted by molar-refractivity contribution is 0.0880. The van der Waals surface area contributed by atoms with Gasteiger partial charge >= 0.3 is 0 Å². The summed E-state index contributed by atoms with van der Waals surface area (Å²) in [5, 5.41) is 5.67. The topological polar surface area (TPSA) is 96.2 Å². The molecule has 0 aliphatic carbocycles. The van der Waals surface area contributed by atoms with E-state index in [1.165, 1.54) is 0 Å². The van der Waals surface area contributed by atoms with Crippen molar-refractivity contribution >= 4 is 55.4 Å². The van der Waals surface area contributed by atoms with Gasteiger partial charge in [-0.3, -0.25) is 14.9 Å². The quantitative estimate of drug-likeness (QED) is 0.307. The molecule has 6 rings (SSSR count). The van der Waals surface area contributed by atoms with E-state index in [1.807, 2.05) is 36.4 Å². The van der Waals surface area contributed by atoms with Crippen LogP contribution in [0.3, 0.4) is 0 Å². The molecule has 0 atom stereocenters. The number of carbonyl (C=O) groups is 2. The summed E-state index contributed by atoms with van der Waals surface area (Å²) in [7, 11) is 0. The van der Waals surface area contributed by atoms with Gasteiger partial charge in [-0.1, -0.05) is 13.8 Å². The van der Waals surface area contributed by atoms with E-state index in [9.17, 15) is 9.59 Å². The van der Waals surface area contributed by atoms with E-state index in [0.29, 0.717) is 24.3 Å². The fraction of sp³-hybridized carbons (Fsp3) is 0.231. The van der Waals surface area contributed by atoms with Crippen LogP contribution in [0.4, 0.5) is 0 Å². The maximum Gasteiger partial charge on any atom is 0.259 e. The van der Waals surface area contributed by atoms with Crippen molar-refractivity contribution in [2.75, 3.05) is 13.2 Å². The smallest absolute Gasteiger partial charge is 0.259 e. The van der Waals surface area contributed by atoms with Crippen LogP contribution in [0.1, 0.15) is 47.4 Å². The molecule has 0 radical (unpaired) electrons. The van der Waals surface area contributed by atoms with Crippen LogP contribution in [-0.4, -0.2) is 35.0 Å². The molecule has 0 unspecified atom stereocenters. The molecular formula is C26H23N3O4. The number of aromatic nitrogens is 2. The second-order valence-corrected chi connectivity index (χ2v) is 8.39. The first kappa shape index (κ1) is 19.7. The third-order valence-corrected chi connectivity index (χ3v) is 6.17. The number of imide groups is 1. The third-order valence-electron chi connectivity index (χ3n) is 6.17. The van der Waals surface area contributed by atoms with Gasteiger partial charge in [0.15, 0.2) is 0 Å². The maximum atomic E-state index is 13.0. The third kappa shape index (κ3) is 2.81. The molecule has 2 amide bonds. The Balaban J connectivity index is 1.73. The zero-order valence-electron chi connectivity index (χ0n) is 18.4. The molecule has 0 bridgehead atoms. The van der Waals surface area contributed by atoms with Gasteiger partial charge in [-0.15, -0.1) is 0 Å². The molecule has 33 heavy (non-hydrogen) atoms. The zero-order valence-corrected chi connectivity index (χ0v) is 18.4. The first-order valence-electron chi connectivity index (χ1n) is 11.3. The Morgan fingerprint density at radius 3 is 1.58 bits per heavy atom. The summed E-state index contributed by atoms with van der Waals surface area (Å²) in [6.45, 7) is 5.33. The van der Waals surface area contributed by atoms with Crippen LogP contribution in [0, 0.1) is 0 Å². The van der Waals surface area contributed by atoms with E-state index >= 15 is 0 Å². The van der Waals surface area contributed by atoms with Crippen LogP contribution in [0.5, 0.6) is 11.5 Å². The van der Waals surface area contributed by atoms with Gasteiger partial charge in [-0.2, -0.15) is 0 Å². The van der Waals surface area contributed by atoms with Gasteiger partial charge in [0.2, 0.25) is 0 Å². The summed E-state index contributed by atoms with van der Waals surface area (Å²) in [6.07, 6.45) is 1.80. The fourth-order valence-corrected chi connectivity index (χ4v) is 4.79. The molecule has 1 aliphatic heterocycles. The Morgan fingerprint density at radius 1 is 0.697 bits per heavy atom. The van der Waals surface area contributed by atoms with Crippen LogP contribution in [-0.2, 0) is 0 Å². The zero-order chi connectivity index (χ0) is 22.7. The lowest BCUT2D eigenvalue weighted by atomic mass is 9.96. The Bertz CT molecular complexity index is 1490. The first-order valence-corrected chi connectivity index (χ1v) is 11.3. The predicted octanol–water partition coefficient (Wildman–Crippen LogP) is 5.42. The summed E-state index contributed by atoms with van der Waals surface area (Å²) in [5.74, 6) is 0.710. The average Bonchev–Trinajstić information content (AvgIpc) is 3.46. The predicted molar refractivity (Wildman–Crippen MR) is 129 cm³/mol. The van der Waals surface area contributed by atoms with Crippen molar-refractivity contribution in [2.45, 2.75) is 26.7 Å². The molecule has 7 heteroatoms.